The molecule has 3 heterocycles. The number of carbonyl (C=O) groups excluding carboxylic acids is 1. The lowest BCUT2D eigenvalue weighted by Gasteiger charge is -2.04. The van der Waals surface area contributed by atoms with Crippen molar-refractivity contribution >= 4 is 27.3 Å². The Kier molecular flexibility index (Phi) is 3.14. The van der Waals surface area contributed by atoms with Gasteiger partial charge in [0.05, 0.1) is 17.5 Å². The van der Waals surface area contributed by atoms with Gasteiger partial charge in [0.25, 0.3) is 15.9 Å². The summed E-state index contributed by atoms with van der Waals surface area (Å²) in [7, 11) is -3.80. The number of thiophene rings is 1. The summed E-state index contributed by atoms with van der Waals surface area (Å²) in [5.41, 5.74) is 1.15. The Morgan fingerprint density at radius 3 is 2.95 bits per heavy atom. The van der Waals surface area contributed by atoms with Crippen LogP contribution in [0.1, 0.15) is 27.3 Å². The molecule has 0 spiro atoms. The lowest BCUT2D eigenvalue weighted by Crippen LogP contribution is -2.30. The SMILES string of the molecule is Cc1ccc(S(=O)(=O)NC(=O)c2cnn3c2CCC3)s1. The minimum absolute atomic E-state index is 0.146. The lowest BCUT2D eigenvalue weighted by atomic mass is 10.2. The molecule has 0 aromatic carbocycles. The number of sulfonamides is 1. The van der Waals surface area contributed by atoms with Gasteiger partial charge in [0.15, 0.2) is 0 Å². The molecule has 8 heteroatoms. The highest BCUT2D eigenvalue weighted by Gasteiger charge is 2.25. The van der Waals surface area contributed by atoms with Crippen LogP contribution in [0.3, 0.4) is 0 Å². The molecule has 1 aliphatic rings. The zero-order chi connectivity index (χ0) is 14.3. The Morgan fingerprint density at radius 2 is 2.25 bits per heavy atom. The molecular weight excluding hydrogens is 298 g/mol. The second kappa shape index (κ2) is 4.71. The van der Waals surface area contributed by atoms with E-state index in [1.165, 1.54) is 12.3 Å². The van der Waals surface area contributed by atoms with Gasteiger partial charge in [-0.1, -0.05) is 0 Å². The molecule has 0 bridgehead atoms. The summed E-state index contributed by atoms with van der Waals surface area (Å²) in [5.74, 6) is -0.612. The molecule has 0 aliphatic carbocycles. The minimum Gasteiger partial charge on any atom is -0.269 e. The summed E-state index contributed by atoms with van der Waals surface area (Å²) in [5, 5.41) is 4.09. The summed E-state index contributed by atoms with van der Waals surface area (Å²) in [6.07, 6.45) is 3.11. The van der Waals surface area contributed by atoms with Gasteiger partial charge in [-0.15, -0.1) is 11.3 Å². The average Bonchev–Trinajstić information content (AvgIpc) is 3.01. The molecule has 106 valence electrons. The maximum atomic E-state index is 12.1. The van der Waals surface area contributed by atoms with Gasteiger partial charge in [-0.25, -0.2) is 13.1 Å². The Labute approximate surface area is 120 Å². The number of aryl methyl sites for hydroxylation is 2. The van der Waals surface area contributed by atoms with Gasteiger partial charge < -0.3 is 0 Å². The minimum atomic E-state index is -3.80. The van der Waals surface area contributed by atoms with E-state index >= 15 is 0 Å². The van der Waals surface area contributed by atoms with E-state index in [0.29, 0.717) is 5.56 Å². The van der Waals surface area contributed by atoms with Crippen molar-refractivity contribution in [2.45, 2.75) is 30.5 Å². The van der Waals surface area contributed by atoms with Gasteiger partial charge in [-0.2, -0.15) is 5.10 Å². The van der Waals surface area contributed by atoms with E-state index in [0.717, 1.165) is 41.3 Å². The van der Waals surface area contributed by atoms with Crippen molar-refractivity contribution in [2.75, 3.05) is 0 Å². The highest BCUT2D eigenvalue weighted by atomic mass is 32.2. The molecule has 1 N–H and O–H groups in total. The first kappa shape index (κ1) is 13.3. The van der Waals surface area contributed by atoms with Gasteiger partial charge >= 0.3 is 0 Å². The van der Waals surface area contributed by atoms with Crippen LogP contribution in [0.15, 0.2) is 22.5 Å². The highest BCUT2D eigenvalue weighted by Crippen LogP contribution is 2.22. The average molecular weight is 311 g/mol. The third kappa shape index (κ3) is 2.25. The van der Waals surface area contributed by atoms with Crippen molar-refractivity contribution in [3.05, 3.63) is 34.5 Å². The topological polar surface area (TPSA) is 81.1 Å². The van der Waals surface area contributed by atoms with Crippen LogP contribution in [0.25, 0.3) is 0 Å². The van der Waals surface area contributed by atoms with Crippen molar-refractivity contribution in [2.24, 2.45) is 0 Å². The molecule has 2 aromatic rings. The molecule has 1 amide bonds. The quantitative estimate of drug-likeness (QED) is 0.927. The van der Waals surface area contributed by atoms with Crippen LogP contribution in [0, 0.1) is 6.92 Å². The first-order valence-corrected chi connectivity index (χ1v) is 8.45. The molecule has 2 aromatic heterocycles. The number of hydrogen-bond acceptors (Lipinski definition) is 5. The summed E-state index contributed by atoms with van der Waals surface area (Å²) >= 11 is 1.14. The van der Waals surface area contributed by atoms with Crippen LogP contribution in [0.2, 0.25) is 0 Å². The number of rotatable bonds is 3. The summed E-state index contributed by atoms with van der Waals surface area (Å²) < 4.78 is 28.2. The third-order valence-corrected chi connectivity index (χ3v) is 6.01. The maximum Gasteiger partial charge on any atom is 0.273 e. The number of fused-ring (bicyclic) bond motifs is 1. The van der Waals surface area contributed by atoms with Crippen LogP contribution in [-0.4, -0.2) is 24.1 Å². The number of hydrogen-bond donors (Lipinski definition) is 1. The molecule has 0 radical (unpaired) electrons. The first-order chi connectivity index (χ1) is 9.47. The fraction of sp³-hybridized carbons (Fsp3) is 0.333. The fourth-order valence-electron chi connectivity index (χ4n) is 2.24. The highest BCUT2D eigenvalue weighted by molar-refractivity contribution is 7.92. The predicted octanol–water partition coefficient (Wildman–Crippen LogP) is 1.32. The standard InChI is InChI=1S/C12H13N3O3S2/c1-8-4-5-11(19-8)20(17,18)14-12(16)9-7-13-15-6-2-3-10(9)15/h4-5,7H,2-3,6H2,1H3,(H,14,16). The second-order valence-corrected chi connectivity index (χ2v) is 7.83. The number of nitrogens with zero attached hydrogens (tertiary/aromatic N) is 2. The Bertz CT molecular complexity index is 774. The summed E-state index contributed by atoms with van der Waals surface area (Å²) in [6.45, 7) is 2.59. The molecule has 0 saturated heterocycles. The number of amides is 1. The zero-order valence-corrected chi connectivity index (χ0v) is 12.4. The van der Waals surface area contributed by atoms with E-state index in [1.807, 2.05) is 6.92 Å². The smallest absolute Gasteiger partial charge is 0.269 e. The van der Waals surface area contributed by atoms with Crippen molar-refractivity contribution in [1.29, 1.82) is 0 Å². The normalized spacial score (nSPS) is 14.2. The monoisotopic (exact) mass is 311 g/mol. The predicted molar refractivity (Wildman–Crippen MR) is 74.3 cm³/mol. The lowest BCUT2D eigenvalue weighted by molar-refractivity contribution is 0.0980. The Balaban J connectivity index is 1.85. The summed E-state index contributed by atoms with van der Waals surface area (Å²) in [4.78, 5) is 13.0. The third-order valence-electron chi connectivity index (χ3n) is 3.18. The molecule has 6 nitrogen and oxygen atoms in total. The van der Waals surface area contributed by atoms with Gasteiger partial charge in [-0.05, 0) is 31.9 Å². The van der Waals surface area contributed by atoms with Gasteiger partial charge in [-0.3, -0.25) is 9.48 Å². The molecule has 1 aliphatic heterocycles. The second-order valence-electron chi connectivity index (χ2n) is 4.63. The van der Waals surface area contributed by atoms with Crippen LogP contribution in [-0.2, 0) is 23.0 Å². The molecule has 0 atom stereocenters. The molecule has 0 saturated carbocycles. The Morgan fingerprint density at radius 1 is 1.45 bits per heavy atom. The number of carbonyl (C=O) groups is 1. The van der Waals surface area contributed by atoms with Crippen LogP contribution < -0.4 is 4.72 Å². The Hall–Kier alpha value is -1.67. The van der Waals surface area contributed by atoms with E-state index in [4.69, 9.17) is 0 Å². The van der Waals surface area contributed by atoms with E-state index < -0.39 is 15.9 Å². The fourth-order valence-corrected chi connectivity index (χ4v) is 4.49. The van der Waals surface area contributed by atoms with E-state index in [1.54, 1.807) is 10.7 Å². The number of nitrogens with one attached hydrogen (secondary N) is 1. The molecular formula is C12H13N3O3S2. The maximum absolute atomic E-state index is 12.1. The van der Waals surface area contributed by atoms with Gasteiger partial charge in [0, 0.05) is 11.4 Å². The van der Waals surface area contributed by atoms with Crippen molar-refractivity contribution < 1.29 is 13.2 Å². The largest absolute Gasteiger partial charge is 0.273 e. The van der Waals surface area contributed by atoms with Crippen molar-refractivity contribution in [1.82, 2.24) is 14.5 Å². The van der Waals surface area contributed by atoms with E-state index in [2.05, 4.69) is 9.82 Å². The molecule has 20 heavy (non-hydrogen) atoms. The first-order valence-electron chi connectivity index (χ1n) is 6.15. The molecule has 0 unspecified atom stereocenters. The van der Waals surface area contributed by atoms with Crippen LogP contribution in [0.4, 0.5) is 0 Å². The summed E-state index contributed by atoms with van der Waals surface area (Å²) in [6, 6.07) is 3.21. The van der Waals surface area contributed by atoms with Crippen LogP contribution >= 0.6 is 11.3 Å². The van der Waals surface area contributed by atoms with E-state index in [-0.39, 0.29) is 4.21 Å². The van der Waals surface area contributed by atoms with Gasteiger partial charge in [0.2, 0.25) is 0 Å². The molecule has 0 fully saturated rings. The van der Waals surface area contributed by atoms with Crippen molar-refractivity contribution in [3.63, 3.8) is 0 Å². The van der Waals surface area contributed by atoms with Crippen LogP contribution in [0.5, 0.6) is 0 Å². The molecule has 3 rings (SSSR count). The van der Waals surface area contributed by atoms with Crippen molar-refractivity contribution in [3.8, 4) is 0 Å². The van der Waals surface area contributed by atoms with E-state index in [9.17, 15) is 13.2 Å². The zero-order valence-electron chi connectivity index (χ0n) is 10.8. The van der Waals surface area contributed by atoms with Gasteiger partial charge in [0.1, 0.15) is 4.21 Å². The number of aromatic nitrogens is 2.